The van der Waals surface area contributed by atoms with E-state index in [1.54, 1.807) is 11.7 Å². The summed E-state index contributed by atoms with van der Waals surface area (Å²) in [5, 5.41) is 12.8. The van der Waals surface area contributed by atoms with Crippen LogP contribution in [0.1, 0.15) is 20.3 Å². The highest BCUT2D eigenvalue weighted by Gasteiger charge is 2.28. The van der Waals surface area contributed by atoms with Crippen molar-refractivity contribution < 1.29 is 0 Å². The molecule has 3 aromatic heterocycles. The fraction of sp³-hybridized carbons (Fsp3) is 0.478. The molecule has 0 amide bonds. The van der Waals surface area contributed by atoms with E-state index in [9.17, 15) is 9.59 Å². The molecule has 0 spiro atoms. The van der Waals surface area contributed by atoms with Gasteiger partial charge in [0, 0.05) is 39.5 Å². The third kappa shape index (κ3) is 4.26. The Morgan fingerprint density at radius 2 is 1.74 bits per heavy atom. The molecular weight excluding hydrogens is 466 g/mol. The molecule has 0 saturated carbocycles. The monoisotopic (exact) mass is 495 g/mol. The summed E-state index contributed by atoms with van der Waals surface area (Å²) in [6, 6.07) is 9.73. The minimum Gasteiger partial charge on any atom is -0.342 e. The topological polar surface area (TPSA) is 109 Å². The summed E-state index contributed by atoms with van der Waals surface area (Å²) < 4.78 is 6.27. The quantitative estimate of drug-likeness (QED) is 0.372. The predicted octanol–water partition coefficient (Wildman–Crippen LogP) is 1.68. The van der Waals surface area contributed by atoms with E-state index in [0.29, 0.717) is 40.5 Å². The van der Waals surface area contributed by atoms with E-state index in [0.717, 1.165) is 35.7 Å². The molecule has 184 valence electrons. The van der Waals surface area contributed by atoms with E-state index in [2.05, 4.69) is 34.3 Å². The fourth-order valence-electron chi connectivity index (χ4n) is 4.94. The van der Waals surface area contributed by atoms with Crippen LogP contribution in [-0.4, -0.2) is 57.7 Å². The Labute approximate surface area is 206 Å². The molecule has 0 bridgehead atoms. The lowest BCUT2D eigenvalue weighted by molar-refractivity contribution is 0.352. The van der Waals surface area contributed by atoms with Crippen LogP contribution in [0.25, 0.3) is 16.9 Å². The fourth-order valence-corrected chi connectivity index (χ4v) is 5.76. The van der Waals surface area contributed by atoms with Crippen molar-refractivity contribution in [3.8, 4) is 5.69 Å². The van der Waals surface area contributed by atoms with Gasteiger partial charge in [-0.2, -0.15) is 9.67 Å². The van der Waals surface area contributed by atoms with Crippen LogP contribution in [0.2, 0.25) is 0 Å². The lowest BCUT2D eigenvalue weighted by Gasteiger charge is -2.35. The Hall–Kier alpha value is -3.41. The van der Waals surface area contributed by atoms with Gasteiger partial charge < -0.3 is 9.47 Å². The number of nitrogens with zero attached hydrogens (tertiary/aromatic N) is 9. The lowest BCUT2D eigenvalue weighted by atomic mass is 9.92. The molecule has 2 atom stereocenters. The van der Waals surface area contributed by atoms with Crippen molar-refractivity contribution in [3.63, 3.8) is 0 Å². The van der Waals surface area contributed by atoms with Gasteiger partial charge in [0.2, 0.25) is 11.1 Å². The molecule has 5 rings (SSSR count). The van der Waals surface area contributed by atoms with E-state index in [1.165, 1.54) is 23.4 Å². The van der Waals surface area contributed by atoms with E-state index >= 15 is 0 Å². The van der Waals surface area contributed by atoms with Gasteiger partial charge in [0.25, 0.3) is 5.56 Å². The summed E-state index contributed by atoms with van der Waals surface area (Å²) in [4.78, 5) is 32.9. The number of imidazole rings is 1. The number of rotatable bonds is 6. The van der Waals surface area contributed by atoms with Crippen LogP contribution in [0, 0.1) is 11.8 Å². The SMILES string of the molecule is C[C@@H]1C[C@@H](C)CN(c2nc3c(c(=O)n(C)c(=O)n3C)n2CCSc2nnnn2-c2ccccc2)C1. The zero-order valence-corrected chi connectivity index (χ0v) is 21.1. The molecule has 4 aromatic rings. The van der Waals surface area contributed by atoms with Crippen LogP contribution in [0.5, 0.6) is 0 Å². The zero-order valence-electron chi connectivity index (χ0n) is 20.3. The van der Waals surface area contributed by atoms with Crippen molar-refractivity contribution >= 4 is 28.9 Å². The van der Waals surface area contributed by atoms with Crippen LogP contribution in [0.4, 0.5) is 5.95 Å². The van der Waals surface area contributed by atoms with E-state index in [1.807, 2.05) is 34.9 Å². The largest absolute Gasteiger partial charge is 0.342 e. The number of hydrogen-bond acceptors (Lipinski definition) is 8. The lowest BCUT2D eigenvalue weighted by Crippen LogP contribution is -2.40. The Morgan fingerprint density at radius 1 is 1.03 bits per heavy atom. The number of aromatic nitrogens is 8. The van der Waals surface area contributed by atoms with E-state index in [-0.39, 0.29) is 11.2 Å². The number of hydrogen-bond donors (Lipinski definition) is 0. The maximum absolute atomic E-state index is 13.2. The van der Waals surface area contributed by atoms with Crippen LogP contribution in [0.15, 0.2) is 45.1 Å². The first kappa shape index (κ1) is 23.3. The molecule has 1 aromatic carbocycles. The molecule has 0 aliphatic carbocycles. The molecule has 1 fully saturated rings. The number of aryl methyl sites for hydroxylation is 2. The number of fused-ring (bicyclic) bond motifs is 1. The number of tetrazole rings is 1. The van der Waals surface area contributed by atoms with Gasteiger partial charge in [-0.15, -0.1) is 5.10 Å². The number of thioether (sulfide) groups is 1. The Bertz CT molecular complexity index is 1460. The summed E-state index contributed by atoms with van der Waals surface area (Å²) in [5.41, 5.74) is 1.03. The summed E-state index contributed by atoms with van der Waals surface area (Å²) >= 11 is 1.51. The smallest absolute Gasteiger partial charge is 0.332 e. The van der Waals surface area contributed by atoms with Gasteiger partial charge in [-0.1, -0.05) is 43.8 Å². The maximum Gasteiger partial charge on any atom is 0.332 e. The summed E-state index contributed by atoms with van der Waals surface area (Å²) in [7, 11) is 3.17. The van der Waals surface area contributed by atoms with Crippen molar-refractivity contribution in [1.29, 1.82) is 0 Å². The van der Waals surface area contributed by atoms with Gasteiger partial charge >= 0.3 is 5.69 Å². The molecule has 0 N–H and O–H groups in total. The molecule has 35 heavy (non-hydrogen) atoms. The van der Waals surface area contributed by atoms with Crippen LogP contribution in [0.3, 0.4) is 0 Å². The van der Waals surface area contributed by atoms with E-state index in [4.69, 9.17) is 4.98 Å². The number of piperidine rings is 1. The van der Waals surface area contributed by atoms with Gasteiger partial charge in [0.15, 0.2) is 11.2 Å². The zero-order chi connectivity index (χ0) is 24.7. The molecule has 4 heterocycles. The Balaban J connectivity index is 1.51. The van der Waals surface area contributed by atoms with Gasteiger partial charge in [0.1, 0.15) is 0 Å². The molecule has 0 unspecified atom stereocenters. The summed E-state index contributed by atoms with van der Waals surface area (Å²) in [6.45, 7) is 6.72. The minimum atomic E-state index is -0.379. The number of benzene rings is 1. The summed E-state index contributed by atoms with van der Waals surface area (Å²) in [6.07, 6.45) is 1.16. The minimum absolute atomic E-state index is 0.334. The normalized spacial score (nSPS) is 18.5. The van der Waals surface area contributed by atoms with Crippen molar-refractivity contribution in [2.75, 3.05) is 23.7 Å². The van der Waals surface area contributed by atoms with Crippen molar-refractivity contribution in [3.05, 3.63) is 51.2 Å². The molecule has 1 aliphatic rings. The molecule has 11 nitrogen and oxygen atoms in total. The van der Waals surface area contributed by atoms with Crippen molar-refractivity contribution in [2.24, 2.45) is 25.9 Å². The highest BCUT2D eigenvalue weighted by Crippen LogP contribution is 2.28. The third-order valence-corrected chi connectivity index (χ3v) is 7.37. The van der Waals surface area contributed by atoms with E-state index < -0.39 is 0 Å². The van der Waals surface area contributed by atoms with Gasteiger partial charge in [0.05, 0.1) is 5.69 Å². The molecule has 1 saturated heterocycles. The average molecular weight is 496 g/mol. The summed E-state index contributed by atoms with van der Waals surface area (Å²) in [5.74, 6) is 2.39. The van der Waals surface area contributed by atoms with Crippen LogP contribution < -0.4 is 16.1 Å². The second-order valence-corrected chi connectivity index (χ2v) is 10.4. The maximum atomic E-state index is 13.2. The van der Waals surface area contributed by atoms with Gasteiger partial charge in [-0.3, -0.25) is 13.9 Å². The number of anilines is 1. The Kier molecular flexibility index (Phi) is 6.22. The van der Waals surface area contributed by atoms with Gasteiger partial charge in [-0.25, -0.2) is 4.79 Å². The standard InChI is InChI=1S/C23H29N9O2S/c1-15-12-16(2)14-30(13-15)21-24-19-18(20(33)29(4)23(34)28(19)3)31(21)10-11-35-22-25-26-27-32(22)17-8-6-5-7-9-17/h5-9,15-16H,10-14H2,1-4H3/t15-,16-/m1/s1. The first-order valence-electron chi connectivity index (χ1n) is 11.7. The molecular formula is C23H29N9O2S. The predicted molar refractivity (Wildman–Crippen MR) is 135 cm³/mol. The molecule has 1 aliphatic heterocycles. The Morgan fingerprint density at radius 3 is 2.46 bits per heavy atom. The molecule has 0 radical (unpaired) electrons. The highest BCUT2D eigenvalue weighted by molar-refractivity contribution is 7.99. The second kappa shape index (κ2) is 9.33. The van der Waals surface area contributed by atoms with Crippen LogP contribution in [-0.2, 0) is 20.6 Å². The first-order valence-corrected chi connectivity index (χ1v) is 12.7. The van der Waals surface area contributed by atoms with Crippen molar-refractivity contribution in [1.82, 2.24) is 38.9 Å². The van der Waals surface area contributed by atoms with Crippen molar-refractivity contribution in [2.45, 2.75) is 32.0 Å². The second-order valence-electron chi connectivity index (χ2n) is 9.35. The van der Waals surface area contributed by atoms with Crippen LogP contribution >= 0.6 is 11.8 Å². The molecule has 12 heteroatoms. The van der Waals surface area contributed by atoms with Gasteiger partial charge in [-0.05, 0) is 40.8 Å². The highest BCUT2D eigenvalue weighted by atomic mass is 32.2. The average Bonchev–Trinajstić information content (AvgIpc) is 3.47. The number of para-hydroxylation sites is 1. The third-order valence-electron chi connectivity index (χ3n) is 6.47. The first-order chi connectivity index (χ1) is 16.8.